The first-order valence-corrected chi connectivity index (χ1v) is 9.20. The zero-order chi connectivity index (χ0) is 19.6. The number of halogens is 3. The molecule has 0 fully saturated rings. The van der Waals surface area contributed by atoms with Crippen LogP contribution in [0.3, 0.4) is 0 Å². The zero-order valence-electron chi connectivity index (χ0n) is 14.5. The van der Waals surface area contributed by atoms with Crippen molar-refractivity contribution in [1.29, 1.82) is 0 Å². The van der Waals surface area contributed by atoms with Gasteiger partial charge < -0.3 is 5.32 Å². The van der Waals surface area contributed by atoms with Crippen molar-refractivity contribution in [2.75, 3.05) is 11.6 Å². The lowest BCUT2D eigenvalue weighted by Crippen LogP contribution is -2.13. The molecule has 0 atom stereocenters. The molecule has 3 aromatic rings. The highest BCUT2D eigenvalue weighted by molar-refractivity contribution is 7.98. The second-order valence-corrected chi connectivity index (χ2v) is 6.67. The molecule has 0 unspecified atom stereocenters. The summed E-state index contributed by atoms with van der Waals surface area (Å²) in [5.41, 5.74) is 0.846. The molecule has 0 aliphatic heterocycles. The largest absolute Gasteiger partial charge is 0.416 e. The van der Waals surface area contributed by atoms with Crippen molar-refractivity contribution < 1.29 is 18.0 Å². The summed E-state index contributed by atoms with van der Waals surface area (Å²) >= 11 is 1.59. The van der Waals surface area contributed by atoms with Crippen molar-refractivity contribution in [3.05, 3.63) is 71.5 Å². The third-order valence-electron chi connectivity index (χ3n) is 4.02. The number of alkyl halides is 3. The lowest BCUT2D eigenvalue weighted by Gasteiger charge is -2.10. The number of aromatic nitrogens is 2. The Bertz CT molecular complexity index is 965. The van der Waals surface area contributed by atoms with Crippen molar-refractivity contribution in [2.24, 2.45) is 0 Å². The Balaban J connectivity index is 1.85. The van der Waals surface area contributed by atoms with Gasteiger partial charge >= 0.3 is 6.18 Å². The fourth-order valence-corrected chi connectivity index (χ4v) is 2.99. The Labute approximate surface area is 158 Å². The molecule has 1 aromatic heterocycles. The van der Waals surface area contributed by atoms with Crippen LogP contribution in [0, 0.1) is 6.92 Å². The average Bonchev–Trinajstić information content (AvgIpc) is 3.03. The maximum atomic E-state index is 12.9. The molecule has 140 valence electrons. The normalized spacial score (nSPS) is 11.4. The highest BCUT2D eigenvalue weighted by Crippen LogP contribution is 2.30. The quantitative estimate of drug-likeness (QED) is 0.624. The smallest absolute Gasteiger partial charge is 0.322 e. The summed E-state index contributed by atoms with van der Waals surface area (Å²) in [6.07, 6.45) is -1.14. The van der Waals surface area contributed by atoms with E-state index in [2.05, 4.69) is 10.4 Å². The number of nitrogens with zero attached hydrogens (tertiary/aromatic N) is 2. The average molecular weight is 391 g/mol. The van der Waals surface area contributed by atoms with Crippen molar-refractivity contribution in [3.63, 3.8) is 0 Å². The van der Waals surface area contributed by atoms with E-state index in [1.54, 1.807) is 30.8 Å². The number of hydrogen-bond acceptors (Lipinski definition) is 3. The summed E-state index contributed by atoms with van der Waals surface area (Å²) in [5.74, 6) is -0.373. The Kier molecular flexibility index (Phi) is 5.27. The molecule has 27 heavy (non-hydrogen) atoms. The lowest BCUT2D eigenvalue weighted by atomic mass is 10.2. The van der Waals surface area contributed by atoms with Crippen LogP contribution in [0.1, 0.15) is 21.6 Å². The minimum absolute atomic E-state index is 0.241. The van der Waals surface area contributed by atoms with E-state index in [1.165, 1.54) is 23.0 Å². The van der Waals surface area contributed by atoms with Gasteiger partial charge in [-0.15, -0.1) is 11.8 Å². The number of amides is 1. The standard InChI is InChI=1S/C19H16F3N3OS/c1-12-17(18(26)24-14-6-8-16(27-2)9-7-14)11-23-25(12)15-5-3-4-13(10-15)19(20,21)22/h3-11H,1-2H3,(H,24,26). The summed E-state index contributed by atoms with van der Waals surface area (Å²) in [5, 5.41) is 6.85. The van der Waals surface area contributed by atoms with Crippen LogP contribution in [0.5, 0.6) is 0 Å². The van der Waals surface area contributed by atoms with Crippen molar-refractivity contribution in [1.82, 2.24) is 9.78 Å². The number of hydrogen-bond donors (Lipinski definition) is 1. The van der Waals surface area contributed by atoms with Crippen LogP contribution >= 0.6 is 11.8 Å². The van der Waals surface area contributed by atoms with Crippen LogP contribution in [0.4, 0.5) is 18.9 Å². The van der Waals surface area contributed by atoms with E-state index in [4.69, 9.17) is 0 Å². The molecule has 3 rings (SSSR count). The van der Waals surface area contributed by atoms with E-state index < -0.39 is 11.7 Å². The lowest BCUT2D eigenvalue weighted by molar-refractivity contribution is -0.137. The number of benzene rings is 2. The van der Waals surface area contributed by atoms with E-state index in [9.17, 15) is 18.0 Å². The minimum atomic E-state index is -4.44. The molecule has 0 saturated carbocycles. The molecule has 0 saturated heterocycles. The molecule has 1 amide bonds. The van der Waals surface area contributed by atoms with Crippen molar-refractivity contribution in [3.8, 4) is 5.69 Å². The first-order chi connectivity index (χ1) is 12.8. The van der Waals surface area contributed by atoms with Gasteiger partial charge in [-0.05, 0) is 55.6 Å². The van der Waals surface area contributed by atoms with Crippen LogP contribution < -0.4 is 5.32 Å². The Morgan fingerprint density at radius 2 is 1.85 bits per heavy atom. The number of anilines is 1. The van der Waals surface area contributed by atoms with Gasteiger partial charge in [0.2, 0.25) is 0 Å². The summed E-state index contributed by atoms with van der Waals surface area (Å²) < 4.78 is 40.1. The molecular weight excluding hydrogens is 375 g/mol. The van der Waals surface area contributed by atoms with Crippen LogP contribution in [-0.2, 0) is 6.18 Å². The van der Waals surface area contributed by atoms with E-state index in [1.807, 2.05) is 18.4 Å². The maximum absolute atomic E-state index is 12.9. The molecule has 8 heteroatoms. The fourth-order valence-electron chi connectivity index (χ4n) is 2.58. The summed E-state index contributed by atoms with van der Waals surface area (Å²) in [6, 6.07) is 12.2. The van der Waals surface area contributed by atoms with Crippen LogP contribution in [0.25, 0.3) is 5.69 Å². The maximum Gasteiger partial charge on any atom is 0.416 e. The molecule has 4 nitrogen and oxygen atoms in total. The molecule has 0 aliphatic rings. The van der Waals surface area contributed by atoms with Crippen molar-refractivity contribution in [2.45, 2.75) is 18.0 Å². The fraction of sp³-hybridized carbons (Fsp3) is 0.158. The second kappa shape index (κ2) is 7.48. The van der Waals surface area contributed by atoms with Crippen molar-refractivity contribution >= 4 is 23.4 Å². The molecule has 0 aliphatic carbocycles. The molecule has 1 N–H and O–H groups in total. The monoisotopic (exact) mass is 391 g/mol. The van der Waals surface area contributed by atoms with Crippen LogP contribution in [-0.4, -0.2) is 21.9 Å². The van der Waals surface area contributed by atoms with Gasteiger partial charge in [0, 0.05) is 10.6 Å². The van der Waals surface area contributed by atoms with E-state index >= 15 is 0 Å². The summed E-state index contributed by atoms with van der Waals surface area (Å²) in [4.78, 5) is 13.6. The number of carbonyl (C=O) groups excluding carboxylic acids is 1. The van der Waals surface area contributed by atoms with Gasteiger partial charge in [0.25, 0.3) is 5.91 Å². The van der Waals surface area contributed by atoms with Gasteiger partial charge in [0.15, 0.2) is 0 Å². The SMILES string of the molecule is CSc1ccc(NC(=O)c2cnn(-c3cccc(C(F)(F)F)c3)c2C)cc1. The second-order valence-electron chi connectivity index (χ2n) is 5.79. The topological polar surface area (TPSA) is 46.9 Å². The predicted molar refractivity (Wildman–Crippen MR) is 99.5 cm³/mol. The van der Waals surface area contributed by atoms with Gasteiger partial charge in [-0.2, -0.15) is 18.3 Å². The van der Waals surface area contributed by atoms with Crippen LogP contribution in [0.15, 0.2) is 59.6 Å². The number of nitrogens with one attached hydrogen (secondary N) is 1. The molecule has 0 radical (unpaired) electrons. The van der Waals surface area contributed by atoms with E-state index in [-0.39, 0.29) is 11.6 Å². The molecular formula is C19H16F3N3OS. The number of thioether (sulfide) groups is 1. The Morgan fingerprint density at radius 3 is 2.48 bits per heavy atom. The summed E-state index contributed by atoms with van der Waals surface area (Å²) in [7, 11) is 0. The first kappa shape index (κ1) is 19.0. The van der Waals surface area contributed by atoms with Gasteiger partial charge in [0.1, 0.15) is 0 Å². The first-order valence-electron chi connectivity index (χ1n) is 7.97. The highest BCUT2D eigenvalue weighted by atomic mass is 32.2. The Hall–Kier alpha value is -2.74. The van der Waals surface area contributed by atoms with Crippen LogP contribution in [0.2, 0.25) is 0 Å². The molecule has 1 heterocycles. The highest BCUT2D eigenvalue weighted by Gasteiger charge is 2.30. The van der Waals surface area contributed by atoms with Gasteiger partial charge in [-0.1, -0.05) is 6.07 Å². The van der Waals surface area contributed by atoms with Gasteiger partial charge in [-0.25, -0.2) is 4.68 Å². The third-order valence-corrected chi connectivity index (χ3v) is 4.76. The zero-order valence-corrected chi connectivity index (χ0v) is 15.4. The molecule has 0 bridgehead atoms. The summed E-state index contributed by atoms with van der Waals surface area (Å²) in [6.45, 7) is 1.64. The van der Waals surface area contributed by atoms with E-state index in [0.717, 1.165) is 17.0 Å². The minimum Gasteiger partial charge on any atom is -0.322 e. The molecule has 2 aromatic carbocycles. The predicted octanol–water partition coefficient (Wildman–Crippen LogP) is 5.17. The van der Waals surface area contributed by atoms with Gasteiger partial charge in [-0.3, -0.25) is 4.79 Å². The van der Waals surface area contributed by atoms with Gasteiger partial charge in [0.05, 0.1) is 28.7 Å². The Morgan fingerprint density at radius 1 is 1.15 bits per heavy atom. The number of rotatable bonds is 4. The third kappa shape index (κ3) is 4.16. The number of carbonyl (C=O) groups is 1. The van der Waals surface area contributed by atoms with E-state index in [0.29, 0.717) is 16.9 Å². The molecule has 0 spiro atoms.